The van der Waals surface area contributed by atoms with Gasteiger partial charge in [-0.15, -0.1) is 0 Å². The third-order valence-corrected chi connectivity index (χ3v) is 5.12. The van der Waals surface area contributed by atoms with Crippen LogP contribution in [0.15, 0.2) is 36.5 Å². The summed E-state index contributed by atoms with van der Waals surface area (Å²) in [5.74, 6) is 0.844. The minimum Gasteiger partial charge on any atom is -0.488 e. The lowest BCUT2D eigenvalue weighted by Gasteiger charge is -2.39. The first-order chi connectivity index (χ1) is 12.1. The van der Waals surface area contributed by atoms with E-state index < -0.39 is 6.10 Å². The Morgan fingerprint density at radius 1 is 1.32 bits per heavy atom. The fourth-order valence-corrected chi connectivity index (χ4v) is 3.74. The third kappa shape index (κ3) is 4.22. The van der Waals surface area contributed by atoms with Crippen LogP contribution < -0.4 is 4.74 Å². The SMILES string of the molecule is CCn1nccc1CN(C)[C@H]1CCC[C@@H](Oc2cccc(C)c2)[C@@H]1O. The van der Waals surface area contributed by atoms with Crippen LogP contribution in [0, 0.1) is 6.92 Å². The van der Waals surface area contributed by atoms with E-state index in [1.165, 1.54) is 11.3 Å². The van der Waals surface area contributed by atoms with Gasteiger partial charge in [-0.1, -0.05) is 12.1 Å². The Morgan fingerprint density at radius 2 is 2.16 bits per heavy atom. The molecule has 1 saturated carbocycles. The zero-order valence-corrected chi connectivity index (χ0v) is 15.4. The molecule has 3 rings (SSSR count). The normalized spacial score (nSPS) is 23.8. The van der Waals surface area contributed by atoms with E-state index in [1.807, 2.05) is 29.1 Å². The van der Waals surface area contributed by atoms with E-state index in [-0.39, 0.29) is 12.1 Å². The highest BCUT2D eigenvalue weighted by Gasteiger charge is 2.35. The van der Waals surface area contributed by atoms with Crippen LogP contribution in [-0.2, 0) is 13.1 Å². The average Bonchev–Trinajstić information content (AvgIpc) is 3.04. The Balaban J connectivity index is 1.65. The zero-order chi connectivity index (χ0) is 17.8. The number of likely N-dealkylation sites (N-methyl/N-ethyl adjacent to an activating group) is 1. The number of nitrogens with zero attached hydrogens (tertiary/aromatic N) is 3. The monoisotopic (exact) mass is 343 g/mol. The fourth-order valence-electron chi connectivity index (χ4n) is 3.74. The van der Waals surface area contributed by atoms with E-state index in [9.17, 15) is 5.11 Å². The number of aliphatic hydroxyl groups is 1. The Labute approximate surface area is 150 Å². The van der Waals surface area contributed by atoms with Crippen molar-refractivity contribution in [2.24, 2.45) is 0 Å². The summed E-state index contributed by atoms with van der Waals surface area (Å²) in [7, 11) is 2.08. The summed E-state index contributed by atoms with van der Waals surface area (Å²) in [4.78, 5) is 2.24. The van der Waals surface area contributed by atoms with Crippen LogP contribution in [0.5, 0.6) is 5.75 Å². The van der Waals surface area contributed by atoms with Gasteiger partial charge in [-0.05, 0) is 63.9 Å². The van der Waals surface area contributed by atoms with Crippen molar-refractivity contribution in [3.63, 3.8) is 0 Å². The van der Waals surface area contributed by atoms with Crippen LogP contribution >= 0.6 is 0 Å². The van der Waals surface area contributed by atoms with Gasteiger partial charge in [0.05, 0.1) is 5.69 Å². The first-order valence-corrected chi connectivity index (χ1v) is 9.20. The lowest BCUT2D eigenvalue weighted by Crippen LogP contribution is -2.51. The second-order valence-electron chi connectivity index (χ2n) is 7.02. The molecule has 2 aromatic rings. The average molecular weight is 343 g/mol. The van der Waals surface area contributed by atoms with Crippen molar-refractivity contribution in [2.75, 3.05) is 7.05 Å². The van der Waals surface area contributed by atoms with Crippen LogP contribution in [-0.4, -0.2) is 45.1 Å². The molecule has 3 atom stereocenters. The highest BCUT2D eigenvalue weighted by Crippen LogP contribution is 2.28. The van der Waals surface area contributed by atoms with Crippen molar-refractivity contribution in [3.05, 3.63) is 47.8 Å². The van der Waals surface area contributed by atoms with E-state index in [1.54, 1.807) is 0 Å². The molecule has 1 aromatic heterocycles. The van der Waals surface area contributed by atoms with Crippen molar-refractivity contribution in [1.82, 2.24) is 14.7 Å². The van der Waals surface area contributed by atoms with Crippen LogP contribution in [0.2, 0.25) is 0 Å². The molecule has 0 saturated heterocycles. The number of benzene rings is 1. The smallest absolute Gasteiger partial charge is 0.126 e. The van der Waals surface area contributed by atoms with Gasteiger partial charge in [-0.2, -0.15) is 5.10 Å². The zero-order valence-electron chi connectivity index (χ0n) is 15.4. The molecule has 25 heavy (non-hydrogen) atoms. The van der Waals surface area contributed by atoms with Crippen LogP contribution in [0.1, 0.15) is 37.4 Å². The van der Waals surface area contributed by atoms with Gasteiger partial charge in [0.1, 0.15) is 18.0 Å². The van der Waals surface area contributed by atoms with Gasteiger partial charge in [0, 0.05) is 25.3 Å². The highest BCUT2D eigenvalue weighted by molar-refractivity contribution is 5.27. The maximum absolute atomic E-state index is 10.9. The molecule has 0 radical (unpaired) electrons. The van der Waals surface area contributed by atoms with Crippen LogP contribution in [0.25, 0.3) is 0 Å². The standard InChI is InChI=1S/C20H29N3O2/c1-4-23-16(11-12-21-23)14-22(3)18-9-6-10-19(20(18)24)25-17-8-5-7-15(2)13-17/h5,7-8,11-13,18-20,24H,4,6,9-10,14H2,1-3H3/t18-,19+,20+/m0/s1. The molecule has 5 heteroatoms. The summed E-state index contributed by atoms with van der Waals surface area (Å²) in [5.41, 5.74) is 2.35. The van der Waals surface area contributed by atoms with Crippen molar-refractivity contribution in [3.8, 4) is 5.75 Å². The minimum atomic E-state index is -0.489. The quantitative estimate of drug-likeness (QED) is 0.876. The molecule has 1 aliphatic carbocycles. The summed E-state index contributed by atoms with van der Waals surface area (Å²) >= 11 is 0. The predicted octanol–water partition coefficient (Wildman–Crippen LogP) is 3.00. The van der Waals surface area contributed by atoms with E-state index in [4.69, 9.17) is 4.74 Å². The number of aromatic nitrogens is 2. The maximum Gasteiger partial charge on any atom is 0.126 e. The molecular formula is C20H29N3O2. The van der Waals surface area contributed by atoms with Gasteiger partial charge in [0.15, 0.2) is 0 Å². The molecule has 0 spiro atoms. The van der Waals surface area contributed by atoms with E-state index >= 15 is 0 Å². The van der Waals surface area contributed by atoms with Gasteiger partial charge in [-0.25, -0.2) is 0 Å². The molecule has 0 aliphatic heterocycles. The summed E-state index contributed by atoms with van der Waals surface area (Å²) in [5, 5.41) is 15.2. The largest absolute Gasteiger partial charge is 0.488 e. The predicted molar refractivity (Wildman–Crippen MR) is 98.6 cm³/mol. The molecule has 1 aliphatic rings. The second-order valence-corrected chi connectivity index (χ2v) is 7.02. The lowest BCUT2D eigenvalue weighted by atomic mass is 9.89. The maximum atomic E-state index is 10.9. The summed E-state index contributed by atoms with van der Waals surface area (Å²) < 4.78 is 8.12. The van der Waals surface area contributed by atoms with Gasteiger partial charge in [0.25, 0.3) is 0 Å². The molecule has 0 amide bonds. The number of hydrogen-bond donors (Lipinski definition) is 1. The summed E-state index contributed by atoms with van der Waals surface area (Å²) in [6.45, 7) is 5.80. The summed E-state index contributed by atoms with van der Waals surface area (Å²) in [6.07, 6.45) is 4.15. The Kier molecular flexibility index (Phi) is 5.76. The van der Waals surface area contributed by atoms with Gasteiger partial charge in [0.2, 0.25) is 0 Å². The Bertz CT molecular complexity index is 685. The van der Waals surface area contributed by atoms with Crippen LogP contribution in [0.3, 0.4) is 0 Å². The van der Waals surface area contributed by atoms with Crippen molar-refractivity contribution in [1.29, 1.82) is 0 Å². The molecular weight excluding hydrogens is 314 g/mol. The number of aryl methyl sites for hydroxylation is 2. The molecule has 136 valence electrons. The van der Waals surface area contributed by atoms with Crippen molar-refractivity contribution in [2.45, 2.75) is 64.4 Å². The van der Waals surface area contributed by atoms with E-state index in [0.29, 0.717) is 0 Å². The number of hydrogen-bond acceptors (Lipinski definition) is 4. The first kappa shape index (κ1) is 18.0. The molecule has 1 fully saturated rings. The minimum absolute atomic E-state index is 0.101. The van der Waals surface area contributed by atoms with Gasteiger partial charge in [-0.3, -0.25) is 9.58 Å². The first-order valence-electron chi connectivity index (χ1n) is 9.20. The van der Waals surface area contributed by atoms with Gasteiger partial charge >= 0.3 is 0 Å². The Morgan fingerprint density at radius 3 is 2.92 bits per heavy atom. The molecule has 0 unspecified atom stereocenters. The second kappa shape index (κ2) is 8.02. The van der Waals surface area contributed by atoms with Crippen LogP contribution in [0.4, 0.5) is 0 Å². The highest BCUT2D eigenvalue weighted by atomic mass is 16.5. The Hall–Kier alpha value is -1.85. The van der Waals surface area contributed by atoms with Crippen molar-refractivity contribution >= 4 is 0 Å². The fraction of sp³-hybridized carbons (Fsp3) is 0.550. The number of aliphatic hydroxyl groups excluding tert-OH is 1. The van der Waals surface area contributed by atoms with E-state index in [2.05, 4.69) is 43.0 Å². The molecule has 0 bridgehead atoms. The van der Waals surface area contributed by atoms with Crippen molar-refractivity contribution < 1.29 is 9.84 Å². The summed E-state index contributed by atoms with van der Waals surface area (Å²) in [6, 6.07) is 10.2. The molecule has 1 aromatic carbocycles. The topological polar surface area (TPSA) is 50.5 Å². The number of ether oxygens (including phenoxy) is 1. The third-order valence-electron chi connectivity index (χ3n) is 5.12. The van der Waals surface area contributed by atoms with E-state index in [0.717, 1.165) is 38.1 Å². The molecule has 1 heterocycles. The molecule has 1 N–H and O–H groups in total. The van der Waals surface area contributed by atoms with Gasteiger partial charge < -0.3 is 9.84 Å². The lowest BCUT2D eigenvalue weighted by molar-refractivity contribution is -0.0496. The molecule has 5 nitrogen and oxygen atoms in total. The number of rotatable bonds is 6.